The first-order valence-electron chi connectivity index (χ1n) is 7.93. The topological polar surface area (TPSA) is 96.5 Å². The Hall–Kier alpha value is -1.99. The summed E-state index contributed by atoms with van der Waals surface area (Å²) in [6, 6.07) is 3.04. The van der Waals surface area contributed by atoms with Crippen LogP contribution in [0.4, 0.5) is 10.6 Å². The summed E-state index contributed by atoms with van der Waals surface area (Å²) >= 11 is 0. The molecule has 0 spiro atoms. The van der Waals surface area contributed by atoms with Crippen molar-refractivity contribution in [2.24, 2.45) is 11.7 Å². The van der Waals surface area contributed by atoms with Gasteiger partial charge in [0.25, 0.3) is 5.91 Å². The van der Waals surface area contributed by atoms with E-state index in [9.17, 15) is 14.7 Å². The minimum atomic E-state index is -2.15. The number of hydrogen-bond donors (Lipinski definition) is 2. The fraction of sp³-hybridized carbons (Fsp3) is 0.588. The summed E-state index contributed by atoms with van der Waals surface area (Å²) in [6.07, 6.45) is 0.0166. The van der Waals surface area contributed by atoms with Crippen LogP contribution in [0.1, 0.15) is 31.5 Å². The third-order valence-electron chi connectivity index (χ3n) is 3.54. The van der Waals surface area contributed by atoms with Gasteiger partial charge in [-0.2, -0.15) is 0 Å². The van der Waals surface area contributed by atoms with Crippen LogP contribution in [0.3, 0.4) is 0 Å². The van der Waals surface area contributed by atoms with Gasteiger partial charge in [0.2, 0.25) is 5.72 Å². The third kappa shape index (κ3) is 4.30. The molecule has 0 radical (unpaired) electrons. The zero-order valence-electron chi connectivity index (χ0n) is 15.6. The molecule has 1 heterocycles. The van der Waals surface area contributed by atoms with Crippen molar-refractivity contribution >= 4 is 17.8 Å². The Morgan fingerprint density at radius 3 is 2.21 bits per heavy atom. The van der Waals surface area contributed by atoms with E-state index in [0.717, 1.165) is 10.5 Å². The summed E-state index contributed by atoms with van der Waals surface area (Å²) in [5.74, 6) is -0.817. The minimum Gasteiger partial charge on any atom is -0.365 e. The van der Waals surface area contributed by atoms with Crippen molar-refractivity contribution in [3.63, 3.8) is 0 Å². The molecule has 0 unspecified atom stereocenters. The van der Waals surface area contributed by atoms with Gasteiger partial charge >= 0.3 is 6.03 Å². The van der Waals surface area contributed by atoms with Crippen LogP contribution in [-0.2, 0) is 4.79 Å². The van der Waals surface area contributed by atoms with Crippen molar-refractivity contribution in [1.29, 1.82) is 0 Å². The Morgan fingerprint density at radius 2 is 1.83 bits per heavy atom. The quantitative estimate of drug-likeness (QED) is 0.629. The van der Waals surface area contributed by atoms with Crippen LogP contribution in [-0.4, -0.2) is 53.4 Å². The van der Waals surface area contributed by atoms with Crippen LogP contribution in [0.5, 0.6) is 0 Å². The SMILES string of the molecule is Cc1cc(C)nc(N(C(=O)[N+](C)(C)C)[C@@](O)(CC(C)C)C(N)=O)c1. The van der Waals surface area contributed by atoms with Gasteiger partial charge in [0.1, 0.15) is 5.82 Å². The molecular weight excluding hydrogens is 308 g/mol. The standard InChI is InChI=1S/C17H28N4O3/c1-11(2)10-17(24,15(18)22)20(16(23)21(5,6)7)14-9-12(3)8-13(4)19-14/h8-9,11,24H,10H2,1-7H3,(H-,18,22)/p+1/t17-/m1/s1. The number of aromatic nitrogens is 1. The molecule has 1 atom stereocenters. The molecule has 0 aliphatic heterocycles. The predicted octanol–water partition coefficient (Wildman–Crippen LogP) is 1.55. The minimum absolute atomic E-state index is 0.0166. The highest BCUT2D eigenvalue weighted by atomic mass is 16.3. The van der Waals surface area contributed by atoms with Crippen LogP contribution in [0, 0.1) is 19.8 Å². The predicted molar refractivity (Wildman–Crippen MR) is 93.2 cm³/mol. The van der Waals surface area contributed by atoms with Crippen LogP contribution in [0.15, 0.2) is 12.1 Å². The number of hydrogen-bond acceptors (Lipinski definition) is 4. The molecule has 1 aromatic rings. The Kier molecular flexibility index (Phi) is 5.74. The summed E-state index contributed by atoms with van der Waals surface area (Å²) < 4.78 is -0.123. The highest BCUT2D eigenvalue weighted by Gasteiger charge is 2.50. The Morgan fingerprint density at radius 1 is 1.29 bits per heavy atom. The highest BCUT2D eigenvalue weighted by Crippen LogP contribution is 2.29. The van der Waals surface area contributed by atoms with Crippen LogP contribution < -0.4 is 10.6 Å². The number of anilines is 1. The maximum Gasteiger partial charge on any atom is 0.427 e. The molecule has 3 N–H and O–H groups in total. The number of carbonyl (C=O) groups is 2. The average molecular weight is 337 g/mol. The molecule has 1 rings (SSSR count). The van der Waals surface area contributed by atoms with Crippen molar-refractivity contribution in [2.75, 3.05) is 26.0 Å². The number of amides is 3. The van der Waals surface area contributed by atoms with Crippen molar-refractivity contribution in [1.82, 2.24) is 4.98 Å². The number of urea groups is 1. The fourth-order valence-corrected chi connectivity index (χ4v) is 2.55. The fourth-order valence-electron chi connectivity index (χ4n) is 2.55. The van der Waals surface area contributed by atoms with Gasteiger partial charge in [0.15, 0.2) is 0 Å². The molecule has 0 fully saturated rings. The van der Waals surface area contributed by atoms with Gasteiger partial charge in [0, 0.05) is 12.1 Å². The first kappa shape index (κ1) is 20.1. The normalized spacial score (nSPS) is 14.4. The maximum absolute atomic E-state index is 13.0. The van der Waals surface area contributed by atoms with E-state index in [2.05, 4.69) is 4.98 Å². The van der Waals surface area contributed by atoms with Crippen molar-refractivity contribution < 1.29 is 19.2 Å². The number of nitrogens with two attached hydrogens (primary N) is 1. The first-order chi connectivity index (χ1) is 10.8. The zero-order chi connectivity index (χ0) is 18.9. The first-order valence-corrected chi connectivity index (χ1v) is 7.93. The van der Waals surface area contributed by atoms with E-state index in [0.29, 0.717) is 5.69 Å². The van der Waals surface area contributed by atoms with Gasteiger partial charge in [-0.1, -0.05) is 13.8 Å². The van der Waals surface area contributed by atoms with Crippen molar-refractivity contribution in [2.45, 2.75) is 39.8 Å². The molecule has 24 heavy (non-hydrogen) atoms. The van der Waals surface area contributed by atoms with Crippen molar-refractivity contribution in [3.8, 4) is 0 Å². The lowest BCUT2D eigenvalue weighted by atomic mass is 9.97. The number of pyridine rings is 1. The molecule has 0 aromatic carbocycles. The van der Waals surface area contributed by atoms with E-state index in [1.807, 2.05) is 26.8 Å². The van der Waals surface area contributed by atoms with Gasteiger partial charge in [-0.3, -0.25) is 4.79 Å². The van der Waals surface area contributed by atoms with Gasteiger partial charge in [-0.15, -0.1) is 0 Å². The number of aryl methyl sites for hydroxylation is 2. The Labute approximate surface area is 143 Å². The molecule has 7 heteroatoms. The second-order valence-corrected chi connectivity index (χ2v) is 7.55. The number of rotatable bonds is 5. The molecule has 0 aliphatic carbocycles. The number of aliphatic hydroxyl groups is 1. The molecule has 1 aromatic heterocycles. The summed E-state index contributed by atoms with van der Waals surface area (Å²) in [6.45, 7) is 7.34. The lowest BCUT2D eigenvalue weighted by molar-refractivity contribution is -0.785. The smallest absolute Gasteiger partial charge is 0.365 e. The van der Waals surface area contributed by atoms with Gasteiger partial charge in [0.05, 0.1) is 21.1 Å². The zero-order valence-corrected chi connectivity index (χ0v) is 15.6. The van der Waals surface area contributed by atoms with Crippen LogP contribution in [0.2, 0.25) is 0 Å². The van der Waals surface area contributed by atoms with Gasteiger partial charge < -0.3 is 10.8 Å². The molecule has 3 amide bonds. The second-order valence-electron chi connectivity index (χ2n) is 7.55. The average Bonchev–Trinajstić information content (AvgIpc) is 2.35. The van der Waals surface area contributed by atoms with Crippen LogP contribution >= 0.6 is 0 Å². The molecule has 0 saturated carbocycles. The second kappa shape index (κ2) is 6.86. The summed E-state index contributed by atoms with van der Waals surface area (Å²) in [4.78, 5) is 30.5. The molecular formula is C17H29N4O3+. The molecule has 7 nitrogen and oxygen atoms in total. The van der Waals surface area contributed by atoms with E-state index in [-0.39, 0.29) is 22.6 Å². The molecule has 0 bridgehead atoms. The lowest BCUT2D eigenvalue weighted by Gasteiger charge is -2.39. The van der Waals surface area contributed by atoms with E-state index < -0.39 is 17.7 Å². The molecule has 134 valence electrons. The van der Waals surface area contributed by atoms with Gasteiger partial charge in [-0.05, 0) is 37.5 Å². The molecule has 0 aliphatic rings. The monoisotopic (exact) mass is 337 g/mol. The lowest BCUT2D eigenvalue weighted by Crippen LogP contribution is -2.66. The van der Waals surface area contributed by atoms with E-state index in [1.54, 1.807) is 34.1 Å². The van der Waals surface area contributed by atoms with Crippen molar-refractivity contribution in [3.05, 3.63) is 23.4 Å². The van der Waals surface area contributed by atoms with E-state index in [1.165, 1.54) is 0 Å². The Bertz CT molecular complexity index is 617. The van der Waals surface area contributed by atoms with Crippen LogP contribution in [0.25, 0.3) is 0 Å². The molecule has 0 saturated heterocycles. The number of quaternary nitrogens is 1. The van der Waals surface area contributed by atoms with Gasteiger partial charge in [-0.25, -0.2) is 19.2 Å². The van der Waals surface area contributed by atoms with E-state index >= 15 is 0 Å². The largest absolute Gasteiger partial charge is 0.427 e. The number of primary amides is 1. The highest BCUT2D eigenvalue weighted by molar-refractivity contribution is 5.98. The maximum atomic E-state index is 13.0. The summed E-state index contributed by atoms with van der Waals surface area (Å²) in [5, 5.41) is 11.1. The summed E-state index contributed by atoms with van der Waals surface area (Å²) in [7, 11) is 4.98. The summed E-state index contributed by atoms with van der Waals surface area (Å²) in [5.41, 5.74) is 4.90. The Balaban J connectivity index is 3.64. The number of carbonyl (C=O) groups excluding carboxylic acids is 2. The van der Waals surface area contributed by atoms with E-state index in [4.69, 9.17) is 5.73 Å². The third-order valence-corrected chi connectivity index (χ3v) is 3.54. The number of nitrogens with zero attached hydrogens (tertiary/aromatic N) is 3.